The molecule has 70 valence electrons. The normalized spacial score (nSPS) is 20.7. The van der Waals surface area contributed by atoms with Gasteiger partial charge in [0.05, 0.1) is 6.61 Å². The molecule has 13 heavy (non-hydrogen) atoms. The molecule has 1 aliphatic heterocycles. The SMILES string of the molecule is N[C@H]1CCOc2c(F)ccc(F)c21. The Labute approximate surface area is 74.3 Å². The summed E-state index contributed by atoms with van der Waals surface area (Å²) >= 11 is 0. The molecular weight excluding hydrogens is 176 g/mol. The van der Waals surface area contributed by atoms with Crippen molar-refractivity contribution in [2.75, 3.05) is 6.61 Å². The summed E-state index contributed by atoms with van der Waals surface area (Å²) in [7, 11) is 0. The second-order valence-corrected chi connectivity index (χ2v) is 3.02. The molecule has 2 nitrogen and oxygen atoms in total. The Morgan fingerprint density at radius 3 is 2.69 bits per heavy atom. The van der Waals surface area contributed by atoms with Crippen LogP contribution in [0.1, 0.15) is 18.0 Å². The highest BCUT2D eigenvalue weighted by Gasteiger charge is 2.24. The number of halogens is 2. The molecule has 1 heterocycles. The van der Waals surface area contributed by atoms with Gasteiger partial charge in [0.1, 0.15) is 5.82 Å². The molecule has 1 aromatic rings. The molecule has 0 aromatic heterocycles. The first-order chi connectivity index (χ1) is 6.20. The Morgan fingerprint density at radius 1 is 1.31 bits per heavy atom. The zero-order valence-electron chi connectivity index (χ0n) is 6.89. The van der Waals surface area contributed by atoms with E-state index in [0.717, 1.165) is 12.1 Å². The van der Waals surface area contributed by atoms with Crippen LogP contribution >= 0.6 is 0 Å². The molecule has 2 rings (SSSR count). The molecule has 2 N–H and O–H groups in total. The van der Waals surface area contributed by atoms with Gasteiger partial charge in [-0.1, -0.05) is 0 Å². The van der Waals surface area contributed by atoms with Gasteiger partial charge in [0.25, 0.3) is 0 Å². The van der Waals surface area contributed by atoms with E-state index >= 15 is 0 Å². The molecule has 0 saturated carbocycles. The van der Waals surface area contributed by atoms with E-state index in [1.165, 1.54) is 0 Å². The highest BCUT2D eigenvalue weighted by molar-refractivity contribution is 5.39. The number of benzene rings is 1. The highest BCUT2D eigenvalue weighted by atomic mass is 19.1. The van der Waals surface area contributed by atoms with Crippen molar-refractivity contribution in [3.8, 4) is 5.75 Å². The van der Waals surface area contributed by atoms with Crippen LogP contribution in [0.25, 0.3) is 0 Å². The Balaban J connectivity index is 2.60. The van der Waals surface area contributed by atoms with Crippen molar-refractivity contribution in [3.63, 3.8) is 0 Å². The van der Waals surface area contributed by atoms with Crippen LogP contribution in [0.5, 0.6) is 5.75 Å². The molecule has 0 bridgehead atoms. The second-order valence-electron chi connectivity index (χ2n) is 3.02. The van der Waals surface area contributed by atoms with Crippen LogP contribution in [0.4, 0.5) is 8.78 Å². The third-order valence-electron chi connectivity index (χ3n) is 2.14. The fourth-order valence-electron chi connectivity index (χ4n) is 1.47. The van der Waals surface area contributed by atoms with Crippen molar-refractivity contribution in [1.82, 2.24) is 0 Å². The van der Waals surface area contributed by atoms with Crippen molar-refractivity contribution in [1.29, 1.82) is 0 Å². The van der Waals surface area contributed by atoms with Gasteiger partial charge >= 0.3 is 0 Å². The van der Waals surface area contributed by atoms with Gasteiger partial charge in [-0.3, -0.25) is 0 Å². The molecule has 0 unspecified atom stereocenters. The number of fused-ring (bicyclic) bond motifs is 1. The summed E-state index contributed by atoms with van der Waals surface area (Å²) in [5.41, 5.74) is 5.79. The first kappa shape index (κ1) is 8.44. The summed E-state index contributed by atoms with van der Waals surface area (Å²) in [6, 6.07) is 1.66. The van der Waals surface area contributed by atoms with E-state index in [1.807, 2.05) is 0 Å². The zero-order chi connectivity index (χ0) is 9.42. The number of hydrogen-bond donors (Lipinski definition) is 1. The van der Waals surface area contributed by atoms with Crippen molar-refractivity contribution in [3.05, 3.63) is 29.3 Å². The lowest BCUT2D eigenvalue weighted by atomic mass is 10.0. The first-order valence-corrected chi connectivity index (χ1v) is 4.06. The van der Waals surface area contributed by atoms with Crippen LogP contribution in [0.15, 0.2) is 12.1 Å². The van der Waals surface area contributed by atoms with Crippen molar-refractivity contribution in [2.24, 2.45) is 5.73 Å². The van der Waals surface area contributed by atoms with Crippen molar-refractivity contribution < 1.29 is 13.5 Å². The predicted octanol–water partition coefficient (Wildman–Crippen LogP) is 1.75. The quantitative estimate of drug-likeness (QED) is 0.668. The van der Waals surface area contributed by atoms with E-state index < -0.39 is 17.7 Å². The minimum absolute atomic E-state index is 0.0289. The largest absolute Gasteiger partial charge is 0.490 e. The summed E-state index contributed by atoms with van der Waals surface area (Å²) in [6.45, 7) is 0.342. The molecule has 0 fully saturated rings. The second kappa shape index (κ2) is 2.96. The molecule has 1 aromatic carbocycles. The van der Waals surface area contributed by atoms with E-state index in [-0.39, 0.29) is 11.3 Å². The van der Waals surface area contributed by atoms with Gasteiger partial charge in [0.15, 0.2) is 11.6 Å². The Bertz CT molecular complexity index is 341. The van der Waals surface area contributed by atoms with Crippen molar-refractivity contribution in [2.45, 2.75) is 12.5 Å². The van der Waals surface area contributed by atoms with E-state index in [0.29, 0.717) is 13.0 Å². The minimum atomic E-state index is -0.549. The lowest BCUT2D eigenvalue weighted by molar-refractivity contribution is 0.250. The van der Waals surface area contributed by atoms with Gasteiger partial charge in [0.2, 0.25) is 0 Å². The zero-order valence-corrected chi connectivity index (χ0v) is 6.89. The smallest absolute Gasteiger partial charge is 0.165 e. The molecule has 0 amide bonds. The first-order valence-electron chi connectivity index (χ1n) is 4.06. The monoisotopic (exact) mass is 185 g/mol. The molecule has 0 saturated heterocycles. The van der Waals surface area contributed by atoms with Gasteiger partial charge in [-0.15, -0.1) is 0 Å². The third-order valence-corrected chi connectivity index (χ3v) is 2.14. The summed E-state index contributed by atoms with van der Waals surface area (Å²) in [5.74, 6) is -1.08. The summed E-state index contributed by atoms with van der Waals surface area (Å²) < 4.78 is 31.3. The third kappa shape index (κ3) is 1.27. The standard InChI is InChI=1S/C9H9F2NO/c10-5-1-2-6(11)9-8(5)7(12)3-4-13-9/h1-2,7H,3-4,12H2/t7-/m0/s1. The van der Waals surface area contributed by atoms with Crippen LogP contribution in [-0.2, 0) is 0 Å². The maximum Gasteiger partial charge on any atom is 0.165 e. The summed E-state index contributed by atoms with van der Waals surface area (Å²) in [5, 5.41) is 0. The van der Waals surface area contributed by atoms with Crippen LogP contribution in [-0.4, -0.2) is 6.61 Å². The average Bonchev–Trinajstić information content (AvgIpc) is 2.12. The van der Waals surface area contributed by atoms with Gasteiger partial charge < -0.3 is 10.5 Å². The van der Waals surface area contributed by atoms with E-state index in [2.05, 4.69) is 0 Å². The predicted molar refractivity (Wildman–Crippen MR) is 43.4 cm³/mol. The Hall–Kier alpha value is -1.16. The highest BCUT2D eigenvalue weighted by Crippen LogP contribution is 2.34. The van der Waals surface area contributed by atoms with E-state index in [4.69, 9.17) is 10.5 Å². The lowest BCUT2D eigenvalue weighted by Crippen LogP contribution is -2.22. The van der Waals surface area contributed by atoms with Gasteiger partial charge in [-0.05, 0) is 12.1 Å². The van der Waals surface area contributed by atoms with Crippen LogP contribution < -0.4 is 10.5 Å². The van der Waals surface area contributed by atoms with Gasteiger partial charge in [-0.2, -0.15) is 0 Å². The summed E-state index contributed by atoms with van der Waals surface area (Å²) in [4.78, 5) is 0. The molecule has 0 aliphatic carbocycles. The maximum absolute atomic E-state index is 13.2. The Kier molecular flexibility index (Phi) is 1.92. The topological polar surface area (TPSA) is 35.2 Å². The minimum Gasteiger partial charge on any atom is -0.490 e. The lowest BCUT2D eigenvalue weighted by Gasteiger charge is -2.23. The average molecular weight is 185 g/mol. The van der Waals surface area contributed by atoms with Gasteiger partial charge in [0, 0.05) is 18.0 Å². The van der Waals surface area contributed by atoms with Gasteiger partial charge in [-0.25, -0.2) is 8.78 Å². The number of rotatable bonds is 0. The number of ether oxygens (including phenoxy) is 1. The fourth-order valence-corrected chi connectivity index (χ4v) is 1.47. The number of hydrogen-bond acceptors (Lipinski definition) is 2. The van der Waals surface area contributed by atoms with Crippen LogP contribution in [0, 0.1) is 11.6 Å². The molecule has 0 spiro atoms. The Morgan fingerprint density at radius 2 is 2.00 bits per heavy atom. The number of nitrogens with two attached hydrogens (primary N) is 1. The molecule has 0 radical (unpaired) electrons. The molecular formula is C9H9F2NO. The van der Waals surface area contributed by atoms with Crippen LogP contribution in [0.2, 0.25) is 0 Å². The summed E-state index contributed by atoms with van der Waals surface area (Å²) in [6.07, 6.45) is 0.521. The van der Waals surface area contributed by atoms with Crippen LogP contribution in [0.3, 0.4) is 0 Å². The van der Waals surface area contributed by atoms with E-state index in [9.17, 15) is 8.78 Å². The molecule has 1 aliphatic rings. The molecule has 4 heteroatoms. The van der Waals surface area contributed by atoms with Crippen molar-refractivity contribution >= 4 is 0 Å². The maximum atomic E-state index is 13.2. The fraction of sp³-hybridized carbons (Fsp3) is 0.333. The van der Waals surface area contributed by atoms with E-state index in [1.54, 1.807) is 0 Å². The molecule has 1 atom stereocenters.